The van der Waals surface area contributed by atoms with Crippen LogP contribution in [-0.2, 0) is 13.0 Å². The van der Waals surface area contributed by atoms with Crippen LogP contribution in [0.15, 0.2) is 47.2 Å². The van der Waals surface area contributed by atoms with E-state index >= 15 is 0 Å². The molecule has 2 rings (SSSR count). The van der Waals surface area contributed by atoms with E-state index in [1.54, 1.807) is 11.3 Å². The second kappa shape index (κ2) is 7.26. The van der Waals surface area contributed by atoms with Crippen molar-refractivity contribution in [2.45, 2.75) is 13.0 Å². The van der Waals surface area contributed by atoms with Gasteiger partial charge in [0.2, 0.25) is 0 Å². The van der Waals surface area contributed by atoms with Crippen LogP contribution in [0.25, 0.3) is 0 Å². The van der Waals surface area contributed by atoms with Crippen LogP contribution in [-0.4, -0.2) is 23.6 Å². The molecule has 0 unspecified atom stereocenters. The molecule has 0 aliphatic heterocycles. The number of hydrogen-bond donors (Lipinski definition) is 1. The topological polar surface area (TPSA) is 15.3 Å². The normalized spacial score (nSPS) is 10.2. The zero-order valence-electron chi connectivity index (χ0n) is 11.0. The van der Waals surface area contributed by atoms with Crippen molar-refractivity contribution in [2.24, 2.45) is 0 Å². The van der Waals surface area contributed by atoms with E-state index in [4.69, 9.17) is 12.2 Å². The van der Waals surface area contributed by atoms with E-state index < -0.39 is 0 Å². The van der Waals surface area contributed by atoms with Crippen LogP contribution in [0, 0.1) is 0 Å². The van der Waals surface area contributed by atoms with Gasteiger partial charge in [-0.05, 0) is 46.6 Å². The van der Waals surface area contributed by atoms with E-state index in [2.05, 4.69) is 51.3 Å². The van der Waals surface area contributed by atoms with Gasteiger partial charge in [-0.25, -0.2) is 0 Å². The standard InChI is InChI=1S/C15H18N2S2/c1-17(11-14-8-10-19-12-14)15(18)16-9-7-13-5-3-2-4-6-13/h2-6,8,10,12H,7,9,11H2,1H3,(H,16,18). The van der Waals surface area contributed by atoms with Gasteiger partial charge in [0.05, 0.1) is 0 Å². The second-order valence-electron chi connectivity index (χ2n) is 4.46. The van der Waals surface area contributed by atoms with Gasteiger partial charge in [0.15, 0.2) is 5.11 Å². The monoisotopic (exact) mass is 290 g/mol. The number of hydrogen-bond acceptors (Lipinski definition) is 2. The van der Waals surface area contributed by atoms with Crippen LogP contribution in [0.3, 0.4) is 0 Å². The molecule has 1 N–H and O–H groups in total. The van der Waals surface area contributed by atoms with E-state index in [-0.39, 0.29) is 0 Å². The van der Waals surface area contributed by atoms with Crippen molar-refractivity contribution in [3.63, 3.8) is 0 Å². The first kappa shape index (κ1) is 14.0. The Morgan fingerprint density at radius 2 is 2.00 bits per heavy atom. The fraction of sp³-hybridized carbons (Fsp3) is 0.267. The van der Waals surface area contributed by atoms with Crippen molar-refractivity contribution in [3.8, 4) is 0 Å². The maximum Gasteiger partial charge on any atom is 0.168 e. The molecule has 4 heteroatoms. The summed E-state index contributed by atoms with van der Waals surface area (Å²) < 4.78 is 0. The Balaban J connectivity index is 1.72. The molecule has 100 valence electrons. The molecule has 1 heterocycles. The SMILES string of the molecule is CN(Cc1ccsc1)C(=S)NCCc1ccccc1. The maximum absolute atomic E-state index is 5.38. The number of benzene rings is 1. The summed E-state index contributed by atoms with van der Waals surface area (Å²) >= 11 is 7.10. The summed E-state index contributed by atoms with van der Waals surface area (Å²) in [4.78, 5) is 2.07. The van der Waals surface area contributed by atoms with E-state index in [0.29, 0.717) is 0 Å². The van der Waals surface area contributed by atoms with Gasteiger partial charge in [-0.2, -0.15) is 11.3 Å². The van der Waals surface area contributed by atoms with Crippen molar-refractivity contribution in [1.29, 1.82) is 0 Å². The van der Waals surface area contributed by atoms with Crippen molar-refractivity contribution >= 4 is 28.7 Å². The minimum absolute atomic E-state index is 0.808. The Morgan fingerprint density at radius 3 is 2.68 bits per heavy atom. The third-order valence-electron chi connectivity index (χ3n) is 2.88. The molecule has 0 aliphatic rings. The molecule has 0 aliphatic carbocycles. The molecule has 0 atom stereocenters. The summed E-state index contributed by atoms with van der Waals surface area (Å²) in [7, 11) is 2.02. The highest BCUT2D eigenvalue weighted by molar-refractivity contribution is 7.80. The third-order valence-corrected chi connectivity index (χ3v) is 4.07. The van der Waals surface area contributed by atoms with Crippen LogP contribution >= 0.6 is 23.6 Å². The minimum atomic E-state index is 0.808. The molecule has 0 saturated carbocycles. The largest absolute Gasteiger partial charge is 0.362 e. The zero-order valence-corrected chi connectivity index (χ0v) is 12.6. The van der Waals surface area contributed by atoms with Gasteiger partial charge < -0.3 is 10.2 Å². The highest BCUT2D eigenvalue weighted by Crippen LogP contribution is 2.08. The van der Waals surface area contributed by atoms with Gasteiger partial charge in [0.1, 0.15) is 0 Å². The highest BCUT2D eigenvalue weighted by atomic mass is 32.1. The molecule has 0 spiro atoms. The number of thiophene rings is 1. The lowest BCUT2D eigenvalue weighted by molar-refractivity contribution is 0.490. The first-order valence-corrected chi connectivity index (χ1v) is 7.65. The fourth-order valence-electron chi connectivity index (χ4n) is 1.82. The lowest BCUT2D eigenvalue weighted by Crippen LogP contribution is -2.37. The fourth-order valence-corrected chi connectivity index (χ4v) is 2.65. The van der Waals surface area contributed by atoms with Crippen molar-refractivity contribution in [3.05, 3.63) is 58.3 Å². The van der Waals surface area contributed by atoms with Gasteiger partial charge in [0, 0.05) is 20.1 Å². The smallest absolute Gasteiger partial charge is 0.168 e. The molecule has 0 bridgehead atoms. The number of thiocarbonyl (C=S) groups is 1. The van der Waals surface area contributed by atoms with Crippen molar-refractivity contribution < 1.29 is 0 Å². The Bertz CT molecular complexity index is 494. The zero-order chi connectivity index (χ0) is 13.5. The van der Waals surface area contributed by atoms with Gasteiger partial charge in [-0.3, -0.25) is 0 Å². The molecular weight excluding hydrogens is 272 g/mol. The summed E-state index contributed by atoms with van der Waals surface area (Å²) in [5.74, 6) is 0. The summed E-state index contributed by atoms with van der Waals surface area (Å²) in [6.07, 6.45) is 0.993. The highest BCUT2D eigenvalue weighted by Gasteiger charge is 2.04. The van der Waals surface area contributed by atoms with E-state index in [1.165, 1.54) is 11.1 Å². The molecule has 19 heavy (non-hydrogen) atoms. The quantitative estimate of drug-likeness (QED) is 0.851. The molecule has 0 fully saturated rings. The Kier molecular flexibility index (Phi) is 5.36. The number of nitrogens with one attached hydrogen (secondary N) is 1. The van der Waals surface area contributed by atoms with E-state index in [1.807, 2.05) is 13.1 Å². The van der Waals surface area contributed by atoms with Gasteiger partial charge in [-0.1, -0.05) is 30.3 Å². The first-order valence-electron chi connectivity index (χ1n) is 6.29. The Labute approximate surface area is 124 Å². The van der Waals surface area contributed by atoms with E-state index in [0.717, 1.165) is 24.6 Å². The Morgan fingerprint density at radius 1 is 1.21 bits per heavy atom. The number of rotatable bonds is 5. The Hall–Kier alpha value is -1.39. The van der Waals surface area contributed by atoms with Crippen molar-refractivity contribution in [1.82, 2.24) is 10.2 Å². The molecule has 1 aromatic heterocycles. The lowest BCUT2D eigenvalue weighted by atomic mass is 10.1. The summed E-state index contributed by atoms with van der Waals surface area (Å²) in [5, 5.41) is 8.36. The number of nitrogens with zero attached hydrogens (tertiary/aromatic N) is 1. The summed E-state index contributed by atoms with van der Waals surface area (Å²) in [6.45, 7) is 1.73. The molecule has 2 nitrogen and oxygen atoms in total. The van der Waals surface area contributed by atoms with Gasteiger partial charge in [0.25, 0.3) is 0 Å². The average Bonchev–Trinajstić information content (AvgIpc) is 2.92. The molecule has 2 aromatic rings. The molecule has 0 saturated heterocycles. The molecular formula is C15H18N2S2. The predicted octanol–water partition coefficient (Wildman–Crippen LogP) is 3.30. The van der Waals surface area contributed by atoms with Gasteiger partial charge in [-0.15, -0.1) is 0 Å². The molecule has 1 aromatic carbocycles. The molecule has 0 amide bonds. The van der Waals surface area contributed by atoms with Crippen molar-refractivity contribution in [2.75, 3.05) is 13.6 Å². The minimum Gasteiger partial charge on any atom is -0.362 e. The van der Waals surface area contributed by atoms with Crippen LogP contribution in [0.2, 0.25) is 0 Å². The lowest BCUT2D eigenvalue weighted by Gasteiger charge is -2.20. The maximum atomic E-state index is 5.38. The van der Waals surface area contributed by atoms with Gasteiger partial charge >= 0.3 is 0 Å². The van der Waals surface area contributed by atoms with Crippen LogP contribution in [0.4, 0.5) is 0 Å². The average molecular weight is 290 g/mol. The summed E-state index contributed by atoms with van der Waals surface area (Å²) in [6, 6.07) is 12.6. The second-order valence-corrected chi connectivity index (χ2v) is 5.62. The summed E-state index contributed by atoms with van der Waals surface area (Å²) in [5.41, 5.74) is 2.64. The predicted molar refractivity (Wildman–Crippen MR) is 86.5 cm³/mol. The third kappa shape index (κ3) is 4.65. The van der Waals surface area contributed by atoms with E-state index in [9.17, 15) is 0 Å². The van der Waals surface area contributed by atoms with Crippen LogP contribution in [0.1, 0.15) is 11.1 Å². The molecule has 0 radical (unpaired) electrons. The first-order chi connectivity index (χ1) is 9.25. The van der Waals surface area contributed by atoms with Crippen LogP contribution < -0.4 is 5.32 Å². The van der Waals surface area contributed by atoms with Crippen LogP contribution in [0.5, 0.6) is 0 Å².